The van der Waals surface area contributed by atoms with E-state index in [9.17, 15) is 0 Å². The van der Waals surface area contributed by atoms with Crippen molar-refractivity contribution in [2.45, 2.75) is 71.0 Å². The molecule has 0 amide bonds. The summed E-state index contributed by atoms with van der Waals surface area (Å²) in [5.41, 5.74) is 1.36. The number of nitrogens with one attached hydrogen (secondary N) is 1. The second-order valence-corrected chi connectivity index (χ2v) is 6.66. The van der Waals surface area contributed by atoms with Gasteiger partial charge >= 0.3 is 0 Å². The van der Waals surface area contributed by atoms with Crippen LogP contribution < -0.4 is 5.32 Å². The molecular formula is C16H27N3. The van der Waals surface area contributed by atoms with Gasteiger partial charge in [-0.2, -0.15) is 0 Å². The Morgan fingerprint density at radius 3 is 3.00 bits per heavy atom. The van der Waals surface area contributed by atoms with Gasteiger partial charge in [-0.15, -0.1) is 0 Å². The molecule has 0 bridgehead atoms. The Balaban J connectivity index is 1.47. The van der Waals surface area contributed by atoms with Gasteiger partial charge in [0.25, 0.3) is 0 Å². The molecule has 2 fully saturated rings. The molecule has 3 rings (SSSR count). The number of aryl methyl sites for hydroxylation is 1. The first-order valence-corrected chi connectivity index (χ1v) is 8.03. The van der Waals surface area contributed by atoms with Crippen molar-refractivity contribution >= 4 is 0 Å². The summed E-state index contributed by atoms with van der Waals surface area (Å²) in [5.74, 6) is 1.88. The van der Waals surface area contributed by atoms with Gasteiger partial charge in [0.05, 0.1) is 12.0 Å². The van der Waals surface area contributed by atoms with Crippen LogP contribution in [0.25, 0.3) is 0 Å². The largest absolute Gasteiger partial charge is 0.333 e. The van der Waals surface area contributed by atoms with Gasteiger partial charge in [-0.1, -0.05) is 26.2 Å². The van der Waals surface area contributed by atoms with Crippen molar-refractivity contribution in [2.75, 3.05) is 0 Å². The van der Waals surface area contributed by atoms with Gasteiger partial charge in [0.1, 0.15) is 0 Å². The monoisotopic (exact) mass is 261 g/mol. The second kappa shape index (κ2) is 6.08. The van der Waals surface area contributed by atoms with Crippen molar-refractivity contribution in [1.29, 1.82) is 0 Å². The van der Waals surface area contributed by atoms with E-state index in [1.54, 1.807) is 0 Å². The summed E-state index contributed by atoms with van der Waals surface area (Å²) in [6, 6.07) is 0.780. The molecule has 0 spiro atoms. The Morgan fingerprint density at radius 1 is 1.32 bits per heavy atom. The Morgan fingerprint density at radius 2 is 2.21 bits per heavy atom. The van der Waals surface area contributed by atoms with Crippen LogP contribution in [0.1, 0.15) is 57.6 Å². The van der Waals surface area contributed by atoms with E-state index in [1.165, 1.54) is 50.6 Å². The zero-order chi connectivity index (χ0) is 13.1. The number of nitrogens with zero attached hydrogens (tertiary/aromatic N) is 2. The molecule has 2 aliphatic rings. The Labute approximate surface area is 116 Å². The molecule has 0 radical (unpaired) electrons. The molecule has 106 valence electrons. The van der Waals surface area contributed by atoms with Crippen molar-refractivity contribution in [3.05, 3.63) is 18.2 Å². The average molecular weight is 261 g/mol. The number of aromatic nitrogens is 2. The highest BCUT2D eigenvalue weighted by Gasteiger charge is 2.21. The third kappa shape index (κ3) is 3.82. The molecule has 2 unspecified atom stereocenters. The summed E-state index contributed by atoms with van der Waals surface area (Å²) in [4.78, 5) is 4.32. The molecule has 2 saturated carbocycles. The first kappa shape index (κ1) is 13.2. The molecule has 1 aromatic heterocycles. The SMILES string of the molecule is CC1CCCC(CCn2cncc2CNC2CC2)C1. The second-order valence-electron chi connectivity index (χ2n) is 6.66. The maximum absolute atomic E-state index is 4.32. The van der Waals surface area contributed by atoms with Gasteiger partial charge in [-0.3, -0.25) is 0 Å². The molecule has 3 nitrogen and oxygen atoms in total. The van der Waals surface area contributed by atoms with Crippen LogP contribution in [0.5, 0.6) is 0 Å². The lowest BCUT2D eigenvalue weighted by Gasteiger charge is -2.26. The third-order valence-corrected chi connectivity index (χ3v) is 4.77. The lowest BCUT2D eigenvalue weighted by Crippen LogP contribution is -2.19. The topological polar surface area (TPSA) is 29.9 Å². The van der Waals surface area contributed by atoms with Crippen LogP contribution in [0, 0.1) is 11.8 Å². The Bertz CT molecular complexity index is 394. The molecule has 0 aromatic carbocycles. The van der Waals surface area contributed by atoms with E-state index in [0.717, 1.165) is 31.0 Å². The normalized spacial score (nSPS) is 27.6. The summed E-state index contributed by atoms with van der Waals surface area (Å²) < 4.78 is 2.36. The fraction of sp³-hybridized carbons (Fsp3) is 0.812. The summed E-state index contributed by atoms with van der Waals surface area (Å²) in [7, 11) is 0. The van der Waals surface area contributed by atoms with Crippen LogP contribution in [0.15, 0.2) is 12.5 Å². The van der Waals surface area contributed by atoms with Crippen LogP contribution in [0.2, 0.25) is 0 Å². The molecule has 3 heteroatoms. The van der Waals surface area contributed by atoms with Crippen molar-refractivity contribution in [2.24, 2.45) is 11.8 Å². The molecule has 19 heavy (non-hydrogen) atoms. The molecule has 1 N–H and O–H groups in total. The third-order valence-electron chi connectivity index (χ3n) is 4.77. The van der Waals surface area contributed by atoms with E-state index < -0.39 is 0 Å². The van der Waals surface area contributed by atoms with Gasteiger partial charge in [0.15, 0.2) is 0 Å². The number of rotatable bonds is 6. The van der Waals surface area contributed by atoms with Gasteiger partial charge in [-0.25, -0.2) is 4.98 Å². The molecule has 2 atom stereocenters. The van der Waals surface area contributed by atoms with Gasteiger partial charge in [0, 0.05) is 25.3 Å². The first-order chi connectivity index (χ1) is 9.31. The predicted octanol–water partition coefficient (Wildman–Crippen LogP) is 3.35. The van der Waals surface area contributed by atoms with Gasteiger partial charge in [-0.05, 0) is 37.5 Å². The number of imidazole rings is 1. The van der Waals surface area contributed by atoms with Crippen molar-refractivity contribution < 1.29 is 0 Å². The molecule has 1 aromatic rings. The highest BCUT2D eigenvalue weighted by Crippen LogP contribution is 2.31. The van der Waals surface area contributed by atoms with Crippen molar-refractivity contribution in [3.8, 4) is 0 Å². The number of hydrogen-bond donors (Lipinski definition) is 1. The Hall–Kier alpha value is -0.830. The van der Waals surface area contributed by atoms with E-state index in [4.69, 9.17) is 0 Å². The lowest BCUT2D eigenvalue weighted by molar-refractivity contribution is 0.260. The highest BCUT2D eigenvalue weighted by molar-refractivity contribution is 4.99. The molecular weight excluding hydrogens is 234 g/mol. The van der Waals surface area contributed by atoms with Gasteiger partial charge < -0.3 is 9.88 Å². The van der Waals surface area contributed by atoms with E-state index in [2.05, 4.69) is 21.8 Å². The fourth-order valence-electron chi connectivity index (χ4n) is 3.38. The maximum atomic E-state index is 4.32. The molecule has 0 saturated heterocycles. The standard InChI is InChI=1S/C16H27N3/c1-13-3-2-4-14(9-13)7-8-19-12-17-10-16(19)11-18-15-5-6-15/h10,12-15,18H,2-9,11H2,1H3. The highest BCUT2D eigenvalue weighted by atomic mass is 15.1. The van der Waals surface area contributed by atoms with E-state index in [-0.39, 0.29) is 0 Å². The maximum Gasteiger partial charge on any atom is 0.0948 e. The summed E-state index contributed by atoms with van der Waals surface area (Å²) in [5, 5.41) is 3.58. The van der Waals surface area contributed by atoms with E-state index in [1.807, 2.05) is 12.5 Å². The molecule has 2 aliphatic carbocycles. The predicted molar refractivity (Wildman–Crippen MR) is 77.8 cm³/mol. The van der Waals surface area contributed by atoms with E-state index in [0.29, 0.717) is 0 Å². The van der Waals surface area contributed by atoms with Crippen LogP contribution in [-0.2, 0) is 13.1 Å². The van der Waals surface area contributed by atoms with Crippen molar-refractivity contribution in [3.63, 3.8) is 0 Å². The minimum absolute atomic E-state index is 0.780. The molecule has 0 aliphatic heterocycles. The Kier molecular flexibility index (Phi) is 4.21. The lowest BCUT2D eigenvalue weighted by atomic mass is 9.81. The smallest absolute Gasteiger partial charge is 0.0948 e. The van der Waals surface area contributed by atoms with Crippen LogP contribution >= 0.6 is 0 Å². The van der Waals surface area contributed by atoms with Gasteiger partial charge in [0.2, 0.25) is 0 Å². The van der Waals surface area contributed by atoms with Crippen LogP contribution in [0.4, 0.5) is 0 Å². The summed E-state index contributed by atoms with van der Waals surface area (Å²) in [6.45, 7) is 4.55. The fourth-order valence-corrected chi connectivity index (χ4v) is 3.38. The zero-order valence-corrected chi connectivity index (χ0v) is 12.1. The molecule has 1 heterocycles. The minimum Gasteiger partial charge on any atom is -0.333 e. The number of hydrogen-bond acceptors (Lipinski definition) is 2. The van der Waals surface area contributed by atoms with Crippen LogP contribution in [0.3, 0.4) is 0 Å². The first-order valence-electron chi connectivity index (χ1n) is 8.03. The summed E-state index contributed by atoms with van der Waals surface area (Å²) in [6.07, 6.45) is 13.8. The average Bonchev–Trinajstić information content (AvgIpc) is 3.13. The zero-order valence-electron chi connectivity index (χ0n) is 12.1. The van der Waals surface area contributed by atoms with E-state index >= 15 is 0 Å². The quantitative estimate of drug-likeness (QED) is 0.851. The van der Waals surface area contributed by atoms with Crippen LogP contribution in [-0.4, -0.2) is 15.6 Å². The summed E-state index contributed by atoms with van der Waals surface area (Å²) >= 11 is 0. The minimum atomic E-state index is 0.780. The van der Waals surface area contributed by atoms with Crippen molar-refractivity contribution in [1.82, 2.24) is 14.9 Å².